The van der Waals surface area contributed by atoms with Gasteiger partial charge in [0.2, 0.25) is 0 Å². The molecule has 0 saturated heterocycles. The smallest absolute Gasteiger partial charge is 0.307 e. The van der Waals surface area contributed by atoms with Crippen LogP contribution in [0.1, 0.15) is 25.7 Å². The fraction of sp³-hybridized carbons (Fsp3) is 0.833. The molecule has 5 nitrogen and oxygen atoms in total. The fourth-order valence-electron chi connectivity index (χ4n) is 1.74. The highest BCUT2D eigenvalue weighted by Crippen LogP contribution is 2.32. The van der Waals surface area contributed by atoms with Gasteiger partial charge in [-0.3, -0.25) is 9.59 Å². The highest BCUT2D eigenvalue weighted by Gasteiger charge is 2.29. The molecule has 0 bridgehead atoms. The Morgan fingerprint density at radius 1 is 1.35 bits per heavy atom. The number of nitrogens with zero attached hydrogens (tertiary/aromatic N) is 1. The van der Waals surface area contributed by atoms with Gasteiger partial charge in [-0.1, -0.05) is 0 Å². The minimum atomic E-state index is -0.928. The first-order chi connectivity index (χ1) is 7.76. The topological polar surface area (TPSA) is 63.6 Å². The van der Waals surface area contributed by atoms with E-state index in [4.69, 9.17) is 9.84 Å². The molecule has 98 valence electrons. The molecule has 1 N–H and O–H groups in total. The second kappa shape index (κ2) is 5.49. The normalized spacial score (nSPS) is 17.6. The van der Waals surface area contributed by atoms with Crippen molar-refractivity contribution in [1.29, 1.82) is 0 Å². The minimum absolute atomic E-state index is 0.119. The van der Waals surface area contributed by atoms with Crippen molar-refractivity contribution in [3.63, 3.8) is 0 Å². The van der Waals surface area contributed by atoms with Crippen LogP contribution in [0, 0.1) is 5.92 Å². The number of rotatable bonds is 7. The lowest BCUT2D eigenvalue weighted by molar-refractivity contribution is -0.873. The van der Waals surface area contributed by atoms with E-state index in [1.165, 1.54) is 0 Å². The lowest BCUT2D eigenvalue weighted by Gasteiger charge is -2.28. The number of hydrogen-bond donors (Lipinski definition) is 1. The Kier molecular flexibility index (Phi) is 4.51. The van der Waals surface area contributed by atoms with Gasteiger partial charge in [0, 0.05) is 6.42 Å². The van der Waals surface area contributed by atoms with Crippen LogP contribution in [-0.4, -0.2) is 55.3 Å². The Morgan fingerprint density at radius 3 is 2.35 bits per heavy atom. The van der Waals surface area contributed by atoms with E-state index in [-0.39, 0.29) is 12.4 Å². The van der Waals surface area contributed by atoms with E-state index in [0.717, 1.165) is 12.8 Å². The Hall–Kier alpha value is -1.10. The molecule has 0 unspecified atom stereocenters. The van der Waals surface area contributed by atoms with E-state index >= 15 is 0 Å². The molecule has 17 heavy (non-hydrogen) atoms. The zero-order chi connectivity index (χ0) is 13.1. The lowest BCUT2D eigenvalue weighted by Crippen LogP contribution is -2.43. The van der Waals surface area contributed by atoms with Crippen LogP contribution in [-0.2, 0) is 14.3 Å². The first-order valence-corrected chi connectivity index (χ1v) is 5.98. The molecule has 0 heterocycles. The van der Waals surface area contributed by atoms with Gasteiger partial charge in [0.1, 0.15) is 6.54 Å². The number of aliphatic carboxylic acids is 1. The molecule has 0 amide bonds. The summed E-state index contributed by atoms with van der Waals surface area (Å²) in [5, 5.41) is 8.79. The zero-order valence-electron chi connectivity index (χ0n) is 10.8. The van der Waals surface area contributed by atoms with Crippen LogP contribution >= 0.6 is 0 Å². The number of carbonyl (C=O) groups is 2. The van der Waals surface area contributed by atoms with Crippen LogP contribution in [0.25, 0.3) is 0 Å². The maximum absolute atomic E-state index is 11.5. The van der Waals surface area contributed by atoms with Crippen molar-refractivity contribution < 1.29 is 23.9 Å². The van der Waals surface area contributed by atoms with Crippen molar-refractivity contribution in [1.82, 2.24) is 0 Å². The van der Waals surface area contributed by atoms with Gasteiger partial charge < -0.3 is 14.3 Å². The van der Waals surface area contributed by atoms with Crippen LogP contribution in [0.2, 0.25) is 0 Å². The van der Waals surface area contributed by atoms with E-state index < -0.39 is 12.1 Å². The van der Waals surface area contributed by atoms with Gasteiger partial charge in [-0.2, -0.15) is 0 Å². The number of esters is 1. The van der Waals surface area contributed by atoms with Crippen LogP contribution in [0.4, 0.5) is 0 Å². The third-order valence-electron chi connectivity index (χ3n) is 2.60. The molecule has 5 heteroatoms. The number of carboxylic acid groups (broad SMARTS) is 1. The number of carbonyl (C=O) groups excluding carboxylic acids is 1. The van der Waals surface area contributed by atoms with Gasteiger partial charge in [-0.05, 0) is 18.8 Å². The number of hydrogen-bond acceptors (Lipinski definition) is 3. The first-order valence-electron chi connectivity index (χ1n) is 5.98. The second-order valence-electron chi connectivity index (χ2n) is 5.83. The van der Waals surface area contributed by atoms with Crippen molar-refractivity contribution in [2.45, 2.75) is 31.8 Å². The Morgan fingerprint density at radius 2 is 1.94 bits per heavy atom. The highest BCUT2D eigenvalue weighted by atomic mass is 16.5. The van der Waals surface area contributed by atoms with Gasteiger partial charge in [0.25, 0.3) is 0 Å². The Bertz CT molecular complexity index is 291. The second-order valence-corrected chi connectivity index (χ2v) is 5.83. The van der Waals surface area contributed by atoms with Crippen molar-refractivity contribution >= 4 is 11.9 Å². The molecule has 1 atom stereocenters. The zero-order valence-corrected chi connectivity index (χ0v) is 10.8. The number of carboxylic acids is 1. The highest BCUT2D eigenvalue weighted by molar-refractivity contribution is 5.72. The van der Waals surface area contributed by atoms with Gasteiger partial charge >= 0.3 is 11.9 Å². The van der Waals surface area contributed by atoms with Crippen molar-refractivity contribution in [3.05, 3.63) is 0 Å². The molecule has 0 aromatic carbocycles. The number of quaternary nitrogens is 1. The predicted molar refractivity (Wildman–Crippen MR) is 62.4 cm³/mol. The predicted octanol–water partition coefficient (Wildman–Crippen LogP) is 0.879. The first kappa shape index (κ1) is 14.0. The fourth-order valence-corrected chi connectivity index (χ4v) is 1.74. The molecule has 0 aromatic heterocycles. The van der Waals surface area contributed by atoms with Crippen molar-refractivity contribution in [2.24, 2.45) is 5.92 Å². The van der Waals surface area contributed by atoms with Gasteiger partial charge in [0.15, 0.2) is 6.10 Å². The summed E-state index contributed by atoms with van der Waals surface area (Å²) in [5.74, 6) is -0.716. The molecule has 0 aromatic rings. The van der Waals surface area contributed by atoms with Crippen molar-refractivity contribution in [2.75, 3.05) is 27.7 Å². The van der Waals surface area contributed by atoms with Crippen LogP contribution in [0.3, 0.4) is 0 Å². The maximum atomic E-state index is 11.5. The molecule has 1 aliphatic carbocycles. The van der Waals surface area contributed by atoms with E-state index in [9.17, 15) is 9.59 Å². The van der Waals surface area contributed by atoms with Gasteiger partial charge in [-0.25, -0.2) is 0 Å². The molecular weight excluding hydrogens is 222 g/mol. The summed E-state index contributed by atoms with van der Waals surface area (Å²) >= 11 is 0. The maximum Gasteiger partial charge on any atom is 0.307 e. The summed E-state index contributed by atoms with van der Waals surface area (Å²) in [7, 11) is 5.84. The third kappa shape index (κ3) is 6.94. The molecule has 0 radical (unpaired) electrons. The van der Waals surface area contributed by atoms with E-state index in [0.29, 0.717) is 23.4 Å². The van der Waals surface area contributed by atoms with Gasteiger partial charge in [-0.15, -0.1) is 0 Å². The molecule has 0 aliphatic heterocycles. The number of ether oxygens (including phenoxy) is 1. The summed E-state index contributed by atoms with van der Waals surface area (Å²) in [6, 6.07) is 0. The Balaban J connectivity index is 2.43. The van der Waals surface area contributed by atoms with Gasteiger partial charge in [0.05, 0.1) is 27.6 Å². The average Bonchev–Trinajstić information content (AvgIpc) is 2.82. The molecule has 1 aliphatic rings. The summed E-state index contributed by atoms with van der Waals surface area (Å²) in [6.07, 6.45) is 1.97. The van der Waals surface area contributed by atoms with Crippen molar-refractivity contribution in [3.8, 4) is 0 Å². The van der Waals surface area contributed by atoms with E-state index in [1.54, 1.807) is 0 Å². The standard InChI is InChI=1S/C12H21NO4/c1-13(2,3)8-10(7-11(14)15)17-12(16)6-9-4-5-9/h9-10H,4-8H2,1-3H3/p+1/t10-/m1/s1. The Labute approximate surface area is 102 Å². The summed E-state index contributed by atoms with van der Waals surface area (Å²) in [5.41, 5.74) is 0. The molecule has 1 rings (SSSR count). The number of likely N-dealkylation sites (N-methyl/N-ethyl adjacent to an activating group) is 1. The van der Waals surface area contributed by atoms with Crippen LogP contribution in [0.5, 0.6) is 0 Å². The summed E-state index contributed by atoms with van der Waals surface area (Å²) in [6.45, 7) is 0.517. The molecule has 0 spiro atoms. The largest absolute Gasteiger partial charge is 0.481 e. The average molecular weight is 244 g/mol. The molecular formula is C12H22NO4+. The third-order valence-corrected chi connectivity index (χ3v) is 2.60. The SMILES string of the molecule is C[N+](C)(C)C[C@@H](CC(=O)O)OC(=O)CC1CC1. The van der Waals surface area contributed by atoms with Crippen LogP contribution < -0.4 is 0 Å². The quantitative estimate of drug-likeness (QED) is 0.533. The monoisotopic (exact) mass is 244 g/mol. The summed E-state index contributed by atoms with van der Waals surface area (Å²) in [4.78, 5) is 22.3. The lowest BCUT2D eigenvalue weighted by atomic mass is 10.2. The van der Waals surface area contributed by atoms with E-state index in [2.05, 4.69) is 0 Å². The minimum Gasteiger partial charge on any atom is -0.481 e. The molecule has 1 fully saturated rings. The van der Waals surface area contributed by atoms with E-state index in [1.807, 2.05) is 21.1 Å². The summed E-state index contributed by atoms with van der Waals surface area (Å²) < 4.78 is 5.83. The molecule has 1 saturated carbocycles. The van der Waals surface area contributed by atoms with Crippen LogP contribution in [0.15, 0.2) is 0 Å².